The van der Waals surface area contributed by atoms with Gasteiger partial charge in [0.2, 0.25) is 0 Å². The fourth-order valence-electron chi connectivity index (χ4n) is 5.42. The Kier molecular flexibility index (Phi) is 3.58. The molecule has 0 amide bonds. The lowest BCUT2D eigenvalue weighted by atomic mass is 9.72. The van der Waals surface area contributed by atoms with Gasteiger partial charge in [-0.2, -0.15) is 0 Å². The molecule has 0 nitrogen and oxygen atoms in total. The van der Waals surface area contributed by atoms with E-state index in [1.54, 1.807) is 43.2 Å². The fraction of sp³-hybridized carbons (Fsp3) is 0.700. The maximum atomic E-state index is 2.32. The predicted octanol–water partition coefficient (Wildman–Crippen LogP) is 6.03. The minimum Gasteiger partial charge on any atom is -0.0620 e. The van der Waals surface area contributed by atoms with Gasteiger partial charge < -0.3 is 0 Å². The molecule has 2 atom stereocenters. The molecule has 1 aromatic carbocycles. The summed E-state index contributed by atoms with van der Waals surface area (Å²) in [6, 6.07) is 9.00. The number of rotatable bonds is 0. The van der Waals surface area contributed by atoms with Crippen molar-refractivity contribution >= 4 is 0 Å². The highest BCUT2D eigenvalue weighted by molar-refractivity contribution is 5.40. The number of hydrogen-bond acceptors (Lipinski definition) is 0. The molecule has 1 aromatic rings. The van der Waals surface area contributed by atoms with E-state index < -0.39 is 0 Å². The first-order valence-electron chi connectivity index (χ1n) is 8.99. The van der Waals surface area contributed by atoms with Crippen LogP contribution in [0, 0.1) is 11.8 Å². The van der Waals surface area contributed by atoms with Gasteiger partial charge in [0.05, 0.1) is 0 Å². The van der Waals surface area contributed by atoms with Crippen LogP contribution in [0.2, 0.25) is 0 Å². The third-order valence-corrected chi connectivity index (χ3v) is 6.42. The molecule has 3 saturated carbocycles. The molecule has 0 saturated heterocycles. The van der Waals surface area contributed by atoms with Crippen LogP contribution in [0.1, 0.15) is 87.2 Å². The molecular formula is C20H28. The molecule has 4 bridgehead atoms. The molecule has 0 radical (unpaired) electrons. The van der Waals surface area contributed by atoms with E-state index in [-0.39, 0.29) is 0 Å². The standard InChI is InChI=1S/C11H12.C9H16/c1-2-4-11-9-6-5-8(7-9)10(11)3-1;1-3-8-5-2-6-9(4-1)7-8/h1-4,8-9H,5-7H2;8-9H,1-7H2. The summed E-state index contributed by atoms with van der Waals surface area (Å²) in [5, 5.41) is 0. The van der Waals surface area contributed by atoms with E-state index in [1.807, 2.05) is 0 Å². The van der Waals surface area contributed by atoms with E-state index in [4.69, 9.17) is 0 Å². The van der Waals surface area contributed by atoms with Crippen LogP contribution in [0.25, 0.3) is 0 Å². The van der Waals surface area contributed by atoms with Gasteiger partial charge in [-0.15, -0.1) is 0 Å². The van der Waals surface area contributed by atoms with Crippen molar-refractivity contribution in [1.82, 2.24) is 0 Å². The van der Waals surface area contributed by atoms with Crippen molar-refractivity contribution in [3.63, 3.8) is 0 Å². The molecule has 5 rings (SSSR count). The summed E-state index contributed by atoms with van der Waals surface area (Å²) in [7, 11) is 0. The SMILES string of the molecule is C1CC2CCCC(C1)C2.c1ccc2c(c1)C1CCC2C1. The molecule has 0 heterocycles. The monoisotopic (exact) mass is 268 g/mol. The highest BCUT2D eigenvalue weighted by Crippen LogP contribution is 2.52. The summed E-state index contributed by atoms with van der Waals surface area (Å²) in [5.41, 5.74) is 3.31. The van der Waals surface area contributed by atoms with E-state index in [1.165, 1.54) is 32.1 Å². The van der Waals surface area contributed by atoms with Gasteiger partial charge in [0.1, 0.15) is 0 Å². The summed E-state index contributed by atoms with van der Waals surface area (Å²) in [5.74, 6) is 4.15. The van der Waals surface area contributed by atoms with Crippen LogP contribution in [-0.2, 0) is 0 Å². The van der Waals surface area contributed by atoms with Crippen LogP contribution in [0.3, 0.4) is 0 Å². The Morgan fingerprint density at radius 3 is 1.55 bits per heavy atom. The average Bonchev–Trinajstić information content (AvgIpc) is 3.10. The van der Waals surface area contributed by atoms with Gasteiger partial charge >= 0.3 is 0 Å². The minimum atomic E-state index is 0.927. The molecule has 2 unspecified atom stereocenters. The number of hydrogen-bond donors (Lipinski definition) is 0. The molecule has 20 heavy (non-hydrogen) atoms. The quantitative estimate of drug-likeness (QED) is 0.539. The molecule has 0 heteroatoms. The molecule has 4 aliphatic rings. The van der Waals surface area contributed by atoms with Crippen molar-refractivity contribution in [2.24, 2.45) is 11.8 Å². The Labute approximate surface area is 124 Å². The first-order chi connectivity index (χ1) is 9.90. The first kappa shape index (κ1) is 12.9. The van der Waals surface area contributed by atoms with Crippen LogP contribution >= 0.6 is 0 Å². The van der Waals surface area contributed by atoms with Crippen LogP contribution in [-0.4, -0.2) is 0 Å². The molecule has 4 aliphatic carbocycles. The Morgan fingerprint density at radius 2 is 1.10 bits per heavy atom. The zero-order valence-electron chi connectivity index (χ0n) is 12.7. The van der Waals surface area contributed by atoms with Crippen molar-refractivity contribution in [3.8, 4) is 0 Å². The van der Waals surface area contributed by atoms with Crippen LogP contribution in [0.4, 0.5) is 0 Å². The predicted molar refractivity (Wildman–Crippen MR) is 85.1 cm³/mol. The Balaban J connectivity index is 0.000000108. The molecule has 0 spiro atoms. The van der Waals surface area contributed by atoms with E-state index in [2.05, 4.69) is 24.3 Å². The largest absolute Gasteiger partial charge is 0.0620 e. The van der Waals surface area contributed by atoms with E-state index >= 15 is 0 Å². The number of benzene rings is 1. The van der Waals surface area contributed by atoms with Gasteiger partial charge in [0.25, 0.3) is 0 Å². The van der Waals surface area contributed by atoms with Crippen molar-refractivity contribution in [3.05, 3.63) is 35.4 Å². The van der Waals surface area contributed by atoms with Gasteiger partial charge in [0.15, 0.2) is 0 Å². The third kappa shape index (κ3) is 2.43. The Hall–Kier alpha value is -0.780. The van der Waals surface area contributed by atoms with Gasteiger partial charge in [-0.05, 0) is 60.5 Å². The van der Waals surface area contributed by atoms with Crippen molar-refractivity contribution in [2.75, 3.05) is 0 Å². The third-order valence-electron chi connectivity index (χ3n) is 6.42. The maximum Gasteiger partial charge on any atom is -0.0153 e. The first-order valence-corrected chi connectivity index (χ1v) is 8.99. The minimum absolute atomic E-state index is 0.927. The lowest BCUT2D eigenvalue weighted by molar-refractivity contribution is 0.190. The second-order valence-corrected chi connectivity index (χ2v) is 7.67. The van der Waals surface area contributed by atoms with Crippen LogP contribution in [0.15, 0.2) is 24.3 Å². The summed E-state index contributed by atoms with van der Waals surface area (Å²) >= 11 is 0. The van der Waals surface area contributed by atoms with E-state index in [0.717, 1.165) is 23.7 Å². The smallest absolute Gasteiger partial charge is 0.0153 e. The van der Waals surface area contributed by atoms with Gasteiger partial charge in [-0.25, -0.2) is 0 Å². The molecule has 108 valence electrons. The van der Waals surface area contributed by atoms with Gasteiger partial charge in [-0.3, -0.25) is 0 Å². The van der Waals surface area contributed by atoms with Gasteiger partial charge in [-0.1, -0.05) is 62.8 Å². The van der Waals surface area contributed by atoms with E-state index in [9.17, 15) is 0 Å². The molecular weight excluding hydrogens is 240 g/mol. The lowest BCUT2D eigenvalue weighted by Crippen LogP contribution is -2.20. The summed E-state index contributed by atoms with van der Waals surface area (Å²) < 4.78 is 0. The highest BCUT2D eigenvalue weighted by atomic mass is 14.4. The highest BCUT2D eigenvalue weighted by Gasteiger charge is 2.35. The molecule has 0 aliphatic heterocycles. The van der Waals surface area contributed by atoms with Crippen LogP contribution < -0.4 is 0 Å². The maximum absolute atomic E-state index is 2.32. The summed E-state index contributed by atoms with van der Waals surface area (Å²) in [6.45, 7) is 0. The lowest BCUT2D eigenvalue weighted by Gasteiger charge is -2.33. The zero-order valence-corrected chi connectivity index (χ0v) is 12.7. The average molecular weight is 268 g/mol. The zero-order chi connectivity index (χ0) is 13.4. The summed E-state index contributed by atoms with van der Waals surface area (Å²) in [6.07, 6.45) is 15.2. The Bertz CT molecular complexity index is 412. The van der Waals surface area contributed by atoms with Gasteiger partial charge in [0, 0.05) is 0 Å². The second kappa shape index (κ2) is 5.54. The molecule has 0 aromatic heterocycles. The molecule has 0 N–H and O–H groups in total. The van der Waals surface area contributed by atoms with Crippen molar-refractivity contribution in [2.45, 2.75) is 76.0 Å². The normalized spacial score (nSPS) is 37.0. The van der Waals surface area contributed by atoms with Crippen molar-refractivity contribution in [1.29, 1.82) is 0 Å². The molecule has 3 fully saturated rings. The fourth-order valence-corrected chi connectivity index (χ4v) is 5.42. The number of fused-ring (bicyclic) bond motifs is 7. The Morgan fingerprint density at radius 1 is 0.600 bits per heavy atom. The topological polar surface area (TPSA) is 0 Å². The van der Waals surface area contributed by atoms with Crippen molar-refractivity contribution < 1.29 is 0 Å². The van der Waals surface area contributed by atoms with E-state index in [0.29, 0.717) is 0 Å². The second-order valence-electron chi connectivity index (χ2n) is 7.67. The summed E-state index contributed by atoms with van der Waals surface area (Å²) in [4.78, 5) is 0. The van der Waals surface area contributed by atoms with Crippen LogP contribution in [0.5, 0.6) is 0 Å².